The van der Waals surface area contributed by atoms with E-state index >= 15 is 0 Å². The molecule has 128 valence electrons. The highest BCUT2D eigenvalue weighted by Gasteiger charge is 2.31. The van der Waals surface area contributed by atoms with Gasteiger partial charge in [-0.05, 0) is 37.1 Å². The van der Waals surface area contributed by atoms with E-state index in [1.807, 2.05) is 24.1 Å². The van der Waals surface area contributed by atoms with E-state index in [1.54, 1.807) is 6.20 Å². The maximum absolute atomic E-state index is 12.6. The molecular weight excluding hydrogens is 319 g/mol. The van der Waals surface area contributed by atoms with Gasteiger partial charge in [-0.25, -0.2) is 4.98 Å². The third-order valence-corrected chi connectivity index (χ3v) is 4.26. The Labute approximate surface area is 138 Å². The lowest BCUT2D eigenvalue weighted by Gasteiger charge is -2.38. The van der Waals surface area contributed by atoms with Crippen molar-refractivity contribution in [3.63, 3.8) is 0 Å². The number of nitrogens with zero attached hydrogens (tertiary/aromatic N) is 5. The van der Waals surface area contributed by atoms with Gasteiger partial charge in [0.2, 0.25) is 0 Å². The van der Waals surface area contributed by atoms with E-state index in [1.165, 1.54) is 6.07 Å². The Hall–Kier alpha value is -2.38. The zero-order valence-corrected chi connectivity index (χ0v) is 13.2. The van der Waals surface area contributed by atoms with Crippen LogP contribution in [0.4, 0.5) is 24.8 Å². The number of anilines is 2. The first-order valence-corrected chi connectivity index (χ1v) is 7.74. The zero-order valence-electron chi connectivity index (χ0n) is 13.2. The number of hydrogen-bond acceptors (Lipinski definition) is 5. The van der Waals surface area contributed by atoms with E-state index in [9.17, 15) is 13.2 Å². The van der Waals surface area contributed by atoms with Crippen molar-refractivity contribution in [2.24, 2.45) is 0 Å². The van der Waals surface area contributed by atoms with Gasteiger partial charge >= 0.3 is 6.18 Å². The van der Waals surface area contributed by atoms with Gasteiger partial charge in [0, 0.05) is 38.6 Å². The third-order valence-electron chi connectivity index (χ3n) is 4.26. The molecule has 0 aliphatic carbocycles. The molecule has 0 radical (unpaired) electrons. The molecule has 5 nitrogen and oxygen atoms in total. The Morgan fingerprint density at radius 1 is 1.25 bits per heavy atom. The lowest BCUT2D eigenvalue weighted by Crippen LogP contribution is -2.47. The second-order valence-corrected chi connectivity index (χ2v) is 5.84. The summed E-state index contributed by atoms with van der Waals surface area (Å²) in [6, 6.07) is 6.40. The number of likely N-dealkylation sites (N-methyl/N-ethyl adjacent to an activating group) is 1. The second-order valence-electron chi connectivity index (χ2n) is 5.84. The highest BCUT2D eigenvalue weighted by atomic mass is 19.4. The molecule has 3 heterocycles. The zero-order chi connectivity index (χ0) is 17.2. The van der Waals surface area contributed by atoms with Gasteiger partial charge in [-0.15, -0.1) is 5.10 Å². The molecule has 0 saturated carbocycles. The van der Waals surface area contributed by atoms with Gasteiger partial charge in [-0.2, -0.15) is 18.3 Å². The van der Waals surface area contributed by atoms with Crippen molar-refractivity contribution in [1.82, 2.24) is 15.2 Å². The van der Waals surface area contributed by atoms with E-state index in [0.717, 1.165) is 44.0 Å². The van der Waals surface area contributed by atoms with Crippen molar-refractivity contribution in [2.45, 2.75) is 25.1 Å². The molecule has 1 saturated heterocycles. The molecule has 0 bridgehead atoms. The minimum atomic E-state index is -4.36. The number of pyridine rings is 1. The Bertz CT molecular complexity index is 660. The maximum atomic E-state index is 12.6. The van der Waals surface area contributed by atoms with Crippen LogP contribution in [0.25, 0.3) is 0 Å². The lowest BCUT2D eigenvalue weighted by atomic mass is 10.0. The fourth-order valence-electron chi connectivity index (χ4n) is 2.89. The Morgan fingerprint density at radius 2 is 2.08 bits per heavy atom. The molecule has 0 N–H and O–H groups in total. The second kappa shape index (κ2) is 6.62. The minimum absolute atomic E-state index is 0.157. The summed E-state index contributed by atoms with van der Waals surface area (Å²) in [6.45, 7) is 1.63. The largest absolute Gasteiger partial charge is 0.417 e. The molecular formula is C16H18F3N5. The minimum Gasteiger partial charge on any atom is -0.355 e. The van der Waals surface area contributed by atoms with E-state index < -0.39 is 11.7 Å². The van der Waals surface area contributed by atoms with E-state index in [2.05, 4.69) is 20.1 Å². The summed E-state index contributed by atoms with van der Waals surface area (Å²) in [5, 5.41) is 8.02. The smallest absolute Gasteiger partial charge is 0.355 e. The highest BCUT2D eigenvalue weighted by Crippen LogP contribution is 2.30. The molecule has 1 fully saturated rings. The van der Waals surface area contributed by atoms with Gasteiger partial charge in [-0.1, -0.05) is 0 Å². The van der Waals surface area contributed by atoms with Crippen molar-refractivity contribution in [3.8, 4) is 0 Å². The number of rotatable bonds is 3. The molecule has 0 spiro atoms. The predicted molar refractivity (Wildman–Crippen MR) is 84.9 cm³/mol. The number of halogens is 3. The van der Waals surface area contributed by atoms with Gasteiger partial charge in [0.25, 0.3) is 0 Å². The van der Waals surface area contributed by atoms with Crippen molar-refractivity contribution in [1.29, 1.82) is 0 Å². The lowest BCUT2D eigenvalue weighted by molar-refractivity contribution is -0.137. The van der Waals surface area contributed by atoms with Crippen molar-refractivity contribution in [3.05, 3.63) is 42.2 Å². The molecule has 0 aromatic carbocycles. The summed E-state index contributed by atoms with van der Waals surface area (Å²) < 4.78 is 37.9. The molecule has 1 unspecified atom stereocenters. The first kappa shape index (κ1) is 16.5. The number of alkyl halides is 3. The summed E-state index contributed by atoms with van der Waals surface area (Å²) in [4.78, 5) is 8.05. The fourth-order valence-corrected chi connectivity index (χ4v) is 2.89. The summed E-state index contributed by atoms with van der Waals surface area (Å²) in [6.07, 6.45) is 0.0815. The van der Waals surface area contributed by atoms with Crippen LogP contribution < -0.4 is 9.80 Å². The molecule has 8 heteroatoms. The number of piperidine rings is 1. The Balaban J connectivity index is 1.71. The predicted octanol–water partition coefficient (Wildman–Crippen LogP) is 3.00. The van der Waals surface area contributed by atoms with Crippen LogP contribution >= 0.6 is 0 Å². The summed E-state index contributed by atoms with van der Waals surface area (Å²) in [7, 11) is 1.86. The van der Waals surface area contributed by atoms with Crippen LogP contribution in [0.5, 0.6) is 0 Å². The average molecular weight is 337 g/mol. The summed E-state index contributed by atoms with van der Waals surface area (Å²) in [5.74, 6) is 1.35. The maximum Gasteiger partial charge on any atom is 0.417 e. The normalized spacial score (nSPS) is 18.5. The van der Waals surface area contributed by atoms with Crippen LogP contribution in [0.15, 0.2) is 36.7 Å². The molecule has 1 aliphatic heterocycles. The van der Waals surface area contributed by atoms with Gasteiger partial charge in [0.05, 0.1) is 5.56 Å². The Morgan fingerprint density at radius 3 is 2.71 bits per heavy atom. The van der Waals surface area contributed by atoms with Crippen molar-refractivity contribution >= 4 is 11.6 Å². The monoisotopic (exact) mass is 337 g/mol. The first-order chi connectivity index (χ1) is 11.4. The standard InChI is InChI=1S/C16H18F3N5/c1-23(14-7-6-12(10-20-14)16(17,18)19)13-4-3-9-24(11-13)15-5-2-8-21-22-15/h2,5-8,10,13H,3-4,9,11H2,1H3. The molecule has 1 aliphatic rings. The fraction of sp³-hybridized carbons (Fsp3) is 0.438. The SMILES string of the molecule is CN(c1ccc(C(F)(F)F)cn1)C1CCCN(c2cccnn2)C1. The molecule has 0 amide bonds. The summed E-state index contributed by atoms with van der Waals surface area (Å²) >= 11 is 0. The molecule has 3 rings (SSSR count). The molecule has 2 aromatic rings. The van der Waals surface area contributed by atoms with Crippen LogP contribution in [0.1, 0.15) is 18.4 Å². The first-order valence-electron chi connectivity index (χ1n) is 7.74. The van der Waals surface area contributed by atoms with E-state index in [4.69, 9.17) is 0 Å². The van der Waals surface area contributed by atoms with E-state index in [-0.39, 0.29) is 6.04 Å². The van der Waals surface area contributed by atoms with Crippen molar-refractivity contribution < 1.29 is 13.2 Å². The number of aromatic nitrogens is 3. The average Bonchev–Trinajstić information content (AvgIpc) is 2.61. The molecule has 24 heavy (non-hydrogen) atoms. The van der Waals surface area contributed by atoms with Crippen LogP contribution in [0.3, 0.4) is 0 Å². The van der Waals surface area contributed by atoms with Crippen LogP contribution in [-0.4, -0.2) is 41.4 Å². The summed E-state index contributed by atoms with van der Waals surface area (Å²) in [5.41, 5.74) is -0.732. The van der Waals surface area contributed by atoms with Gasteiger partial charge in [-0.3, -0.25) is 0 Å². The number of hydrogen-bond donors (Lipinski definition) is 0. The van der Waals surface area contributed by atoms with E-state index in [0.29, 0.717) is 5.82 Å². The van der Waals surface area contributed by atoms with Crippen LogP contribution in [0, 0.1) is 0 Å². The quantitative estimate of drug-likeness (QED) is 0.862. The van der Waals surface area contributed by atoms with Gasteiger partial charge < -0.3 is 9.80 Å². The van der Waals surface area contributed by atoms with Gasteiger partial charge in [0.1, 0.15) is 5.82 Å². The third kappa shape index (κ3) is 3.58. The highest BCUT2D eigenvalue weighted by molar-refractivity contribution is 5.43. The Kier molecular flexibility index (Phi) is 4.55. The van der Waals surface area contributed by atoms with Crippen LogP contribution in [0.2, 0.25) is 0 Å². The molecule has 1 atom stereocenters. The van der Waals surface area contributed by atoms with Crippen LogP contribution in [-0.2, 0) is 6.18 Å². The van der Waals surface area contributed by atoms with Gasteiger partial charge in [0.15, 0.2) is 5.82 Å². The molecule has 2 aromatic heterocycles. The topological polar surface area (TPSA) is 45.2 Å². The van der Waals surface area contributed by atoms with Crippen molar-refractivity contribution in [2.75, 3.05) is 29.9 Å².